The van der Waals surface area contributed by atoms with Crippen LogP contribution in [-0.4, -0.2) is 23.7 Å². The highest BCUT2D eigenvalue weighted by Crippen LogP contribution is 2.38. The van der Waals surface area contributed by atoms with Crippen LogP contribution in [0.2, 0.25) is 5.02 Å². The highest BCUT2D eigenvalue weighted by molar-refractivity contribution is 7.99. The molecule has 0 aliphatic rings. The molecule has 1 aromatic heterocycles. The molecule has 3 aromatic rings. The molecule has 0 radical (unpaired) electrons. The summed E-state index contributed by atoms with van der Waals surface area (Å²) in [5.41, 5.74) is 2.82. The first kappa shape index (κ1) is 25.0. The lowest BCUT2D eigenvalue weighted by Crippen LogP contribution is -2.19. The van der Waals surface area contributed by atoms with E-state index < -0.39 is 5.41 Å². The molecule has 2 aromatic carbocycles. The average Bonchev–Trinajstić information content (AvgIpc) is 2.82. The fourth-order valence-corrected chi connectivity index (χ4v) is 4.01. The average molecular weight is 502 g/mol. The van der Waals surface area contributed by atoms with Gasteiger partial charge in [0, 0.05) is 11.7 Å². The topological polar surface area (TPSA) is 67.2 Å². The van der Waals surface area contributed by atoms with Crippen LogP contribution >= 0.6 is 35.1 Å². The van der Waals surface area contributed by atoms with Crippen molar-refractivity contribution in [3.63, 3.8) is 0 Å². The van der Waals surface area contributed by atoms with Crippen LogP contribution in [0.1, 0.15) is 36.2 Å². The van der Waals surface area contributed by atoms with Gasteiger partial charge < -0.3 is 14.2 Å². The third kappa shape index (κ3) is 6.26. The Morgan fingerprint density at radius 3 is 2.52 bits per heavy atom. The van der Waals surface area contributed by atoms with E-state index in [4.69, 9.17) is 32.7 Å². The van der Waals surface area contributed by atoms with E-state index in [0.717, 1.165) is 28.4 Å². The quantitative estimate of drug-likeness (QED) is 0.242. The van der Waals surface area contributed by atoms with Crippen LogP contribution in [0.4, 0.5) is 5.82 Å². The molecule has 5 nitrogen and oxygen atoms in total. The number of rotatable bonds is 10. The molecule has 0 spiro atoms. The van der Waals surface area contributed by atoms with Crippen molar-refractivity contribution in [1.82, 2.24) is 4.98 Å². The molecule has 172 valence electrons. The van der Waals surface area contributed by atoms with Crippen molar-refractivity contribution in [2.45, 2.75) is 25.9 Å². The molecule has 1 N–H and O–H groups in total. The third-order valence-electron chi connectivity index (χ3n) is 5.19. The second-order valence-corrected chi connectivity index (χ2v) is 9.14. The van der Waals surface area contributed by atoms with Gasteiger partial charge in [-0.3, -0.25) is 0 Å². The van der Waals surface area contributed by atoms with Gasteiger partial charge in [0.1, 0.15) is 30.9 Å². The highest BCUT2D eigenvalue weighted by atomic mass is 35.5. The van der Waals surface area contributed by atoms with Crippen molar-refractivity contribution in [1.29, 1.82) is 5.26 Å². The number of halogens is 2. The predicted molar refractivity (Wildman–Crippen MR) is 137 cm³/mol. The maximum atomic E-state index is 9.59. The molecule has 0 unspecified atom stereocenters. The molecular weight excluding hydrogens is 477 g/mol. The largest absolute Gasteiger partial charge is 0.489 e. The summed E-state index contributed by atoms with van der Waals surface area (Å²) in [5, 5.41) is 9.99. The molecule has 33 heavy (non-hydrogen) atoms. The van der Waals surface area contributed by atoms with Crippen LogP contribution in [0.5, 0.6) is 11.5 Å². The predicted octanol–water partition coefficient (Wildman–Crippen LogP) is 6.82. The van der Waals surface area contributed by atoms with Gasteiger partial charge in [0.2, 0.25) is 0 Å². The third-order valence-corrected chi connectivity index (χ3v) is 6.03. The minimum atomic E-state index is -0.391. The number of hydrogen-bond acceptors (Lipinski definition) is 6. The number of anilines is 1. The van der Waals surface area contributed by atoms with E-state index >= 15 is 0 Å². The number of nitriles is 1. The van der Waals surface area contributed by atoms with E-state index in [2.05, 4.69) is 29.6 Å². The Labute approximate surface area is 209 Å². The standard InChI is InChI=1S/C25H25Cl2N3O2S/c1-25(2,19-13-17(15-28)24(22(27)14-19)31-12-11-26)18-7-9-21(10-8-18)32-16-20-5-4-6-23(29-20)30-33-3/h4-10,13-14H,11-12,16H2,1-3H3,(H,29,30). The molecule has 0 atom stereocenters. The van der Waals surface area contributed by atoms with Crippen molar-refractivity contribution in [3.05, 3.63) is 82.0 Å². The molecule has 8 heteroatoms. The van der Waals surface area contributed by atoms with Gasteiger partial charge in [-0.2, -0.15) is 5.26 Å². The van der Waals surface area contributed by atoms with Crippen molar-refractivity contribution < 1.29 is 9.47 Å². The number of pyridine rings is 1. The lowest BCUT2D eigenvalue weighted by molar-refractivity contribution is 0.301. The first-order chi connectivity index (χ1) is 15.9. The summed E-state index contributed by atoms with van der Waals surface area (Å²) in [6, 6.07) is 19.5. The zero-order valence-electron chi connectivity index (χ0n) is 18.7. The van der Waals surface area contributed by atoms with Gasteiger partial charge in [0.25, 0.3) is 0 Å². The van der Waals surface area contributed by atoms with E-state index in [1.165, 1.54) is 11.9 Å². The monoisotopic (exact) mass is 501 g/mol. The van der Waals surface area contributed by atoms with Crippen LogP contribution in [0.25, 0.3) is 0 Å². The zero-order valence-corrected chi connectivity index (χ0v) is 21.0. The van der Waals surface area contributed by atoms with E-state index in [-0.39, 0.29) is 6.61 Å². The first-order valence-corrected chi connectivity index (χ1v) is 12.4. The fourth-order valence-electron chi connectivity index (χ4n) is 3.34. The van der Waals surface area contributed by atoms with Crippen molar-refractivity contribution in [2.24, 2.45) is 0 Å². The normalized spacial score (nSPS) is 11.0. The maximum Gasteiger partial charge on any atom is 0.155 e. The second-order valence-electron chi connectivity index (χ2n) is 7.74. The molecule has 0 saturated heterocycles. The molecular formula is C25H25Cl2N3O2S. The molecule has 1 heterocycles. The van der Waals surface area contributed by atoms with Crippen LogP contribution in [0.15, 0.2) is 54.6 Å². The summed E-state index contributed by atoms with van der Waals surface area (Å²) in [7, 11) is 0. The summed E-state index contributed by atoms with van der Waals surface area (Å²) in [5.74, 6) is 2.24. The second kappa shape index (κ2) is 11.5. The number of aromatic nitrogens is 1. The number of alkyl halides is 1. The Hall–Kier alpha value is -2.59. The summed E-state index contributed by atoms with van der Waals surface area (Å²) < 4.78 is 14.6. The summed E-state index contributed by atoms with van der Waals surface area (Å²) in [6.45, 7) is 4.83. The van der Waals surface area contributed by atoms with Crippen molar-refractivity contribution in [3.8, 4) is 17.6 Å². The molecule has 0 amide bonds. The van der Waals surface area contributed by atoms with Crippen LogP contribution in [-0.2, 0) is 12.0 Å². The van der Waals surface area contributed by atoms with E-state index in [0.29, 0.717) is 28.8 Å². The highest BCUT2D eigenvalue weighted by Gasteiger charge is 2.26. The summed E-state index contributed by atoms with van der Waals surface area (Å²) in [6.07, 6.45) is 1.95. The van der Waals surface area contributed by atoms with E-state index in [1.807, 2.05) is 60.9 Å². The Bertz CT molecular complexity index is 1130. The Balaban J connectivity index is 1.76. The molecule has 3 rings (SSSR count). The number of ether oxygens (including phenoxy) is 2. The van der Waals surface area contributed by atoms with Crippen LogP contribution < -0.4 is 14.2 Å². The van der Waals surface area contributed by atoms with Gasteiger partial charge >= 0.3 is 0 Å². The maximum absolute atomic E-state index is 9.59. The first-order valence-electron chi connectivity index (χ1n) is 10.3. The van der Waals surface area contributed by atoms with Gasteiger partial charge in [-0.25, -0.2) is 4.98 Å². The smallest absolute Gasteiger partial charge is 0.155 e. The van der Waals surface area contributed by atoms with Crippen LogP contribution in [0.3, 0.4) is 0 Å². The number of hydrogen-bond donors (Lipinski definition) is 1. The number of nitrogens with zero attached hydrogens (tertiary/aromatic N) is 2. The van der Waals surface area contributed by atoms with Gasteiger partial charge in [-0.15, -0.1) is 11.6 Å². The summed E-state index contributed by atoms with van der Waals surface area (Å²) >= 11 is 13.6. The Kier molecular flexibility index (Phi) is 8.74. The minimum Gasteiger partial charge on any atom is -0.489 e. The van der Waals surface area contributed by atoms with E-state index in [9.17, 15) is 5.26 Å². The molecule has 0 aliphatic heterocycles. The fraction of sp³-hybridized carbons (Fsp3) is 0.280. The molecule has 0 saturated carbocycles. The number of nitrogens with one attached hydrogen (secondary N) is 1. The van der Waals surface area contributed by atoms with Gasteiger partial charge in [-0.05, 0) is 47.5 Å². The number of benzene rings is 2. The summed E-state index contributed by atoms with van der Waals surface area (Å²) in [4.78, 5) is 4.51. The molecule has 0 aliphatic carbocycles. The molecule has 0 fully saturated rings. The van der Waals surface area contributed by atoms with Gasteiger partial charge in [-0.1, -0.05) is 55.6 Å². The minimum absolute atomic E-state index is 0.286. The van der Waals surface area contributed by atoms with Gasteiger partial charge in [0.15, 0.2) is 5.75 Å². The Morgan fingerprint density at radius 2 is 1.85 bits per heavy atom. The zero-order chi connectivity index (χ0) is 23.8. The van der Waals surface area contributed by atoms with Crippen molar-refractivity contribution in [2.75, 3.05) is 23.5 Å². The Morgan fingerprint density at radius 1 is 1.09 bits per heavy atom. The van der Waals surface area contributed by atoms with Gasteiger partial charge in [0.05, 0.1) is 22.2 Å². The lowest BCUT2D eigenvalue weighted by atomic mass is 9.77. The van der Waals surface area contributed by atoms with Crippen LogP contribution in [0, 0.1) is 11.3 Å². The SMILES string of the molecule is CSNc1cccc(COc2ccc(C(C)(C)c3cc(Cl)c(OCCCl)c(C#N)c3)cc2)n1. The van der Waals surface area contributed by atoms with E-state index in [1.54, 1.807) is 0 Å². The lowest BCUT2D eigenvalue weighted by Gasteiger charge is -2.27. The molecule has 0 bridgehead atoms. The van der Waals surface area contributed by atoms with Crippen molar-refractivity contribution >= 4 is 41.0 Å².